The van der Waals surface area contributed by atoms with Crippen LogP contribution in [0, 0.1) is 10.1 Å². The summed E-state index contributed by atoms with van der Waals surface area (Å²) < 4.78 is 1.41. The van der Waals surface area contributed by atoms with Gasteiger partial charge in [-0.15, -0.1) is 0 Å². The number of hydrogen-bond donors (Lipinski definition) is 1. The third-order valence-corrected chi connectivity index (χ3v) is 1.55. The van der Waals surface area contributed by atoms with E-state index < -0.39 is 4.92 Å². The lowest BCUT2D eigenvalue weighted by atomic mass is 10.5. The summed E-state index contributed by atoms with van der Waals surface area (Å²) in [7, 11) is 0. The molecule has 0 atom stereocenters. The average Bonchev–Trinajstić information content (AvgIpc) is 2.48. The lowest BCUT2D eigenvalue weighted by molar-refractivity contribution is -0.396. The maximum Gasteiger partial charge on any atom is 0.435 e. The highest BCUT2D eigenvalue weighted by molar-refractivity contribution is 5.77. The summed E-state index contributed by atoms with van der Waals surface area (Å²) in [6, 6.07) is 0. The number of nitrogens with two attached hydrogens (primary N) is 1. The number of imidazole rings is 1. The van der Waals surface area contributed by atoms with Crippen LogP contribution in [0.15, 0.2) is 11.3 Å². The van der Waals surface area contributed by atoms with E-state index in [2.05, 4.69) is 10.1 Å². The molecule has 0 fully saturated rings. The van der Waals surface area contributed by atoms with Crippen LogP contribution in [0.25, 0.3) is 0 Å². The lowest BCUT2D eigenvalue weighted by Crippen LogP contribution is -2.05. The first-order valence-electron chi connectivity index (χ1n) is 3.63. The fourth-order valence-corrected chi connectivity index (χ4v) is 1.03. The Morgan fingerprint density at radius 3 is 3.08 bits per heavy atom. The first-order valence-corrected chi connectivity index (χ1v) is 3.63. The van der Waals surface area contributed by atoms with Gasteiger partial charge in [-0.05, 0) is 11.8 Å². The van der Waals surface area contributed by atoms with Gasteiger partial charge in [0.25, 0.3) is 0 Å². The van der Waals surface area contributed by atoms with Gasteiger partial charge in [0, 0.05) is 0 Å². The summed E-state index contributed by atoms with van der Waals surface area (Å²) in [6.07, 6.45) is 2.68. The second kappa shape index (κ2) is 3.65. The van der Waals surface area contributed by atoms with Crippen LogP contribution in [0.4, 0.5) is 5.95 Å². The van der Waals surface area contributed by atoms with E-state index in [9.17, 15) is 10.1 Å². The molecule has 0 spiro atoms. The number of hydrogen-bond acceptors (Lipinski definition) is 5. The van der Waals surface area contributed by atoms with E-state index >= 15 is 0 Å². The number of nitro groups is 1. The van der Waals surface area contributed by atoms with Crippen molar-refractivity contribution in [3.63, 3.8) is 0 Å². The molecule has 13 heavy (non-hydrogen) atoms. The van der Waals surface area contributed by atoms with Gasteiger partial charge in [-0.25, -0.2) is 4.57 Å². The molecule has 0 aliphatic rings. The Kier molecular flexibility index (Phi) is 2.58. The van der Waals surface area contributed by atoms with Crippen LogP contribution in [0.2, 0.25) is 0 Å². The van der Waals surface area contributed by atoms with E-state index in [0.29, 0.717) is 12.2 Å². The van der Waals surface area contributed by atoms with Gasteiger partial charge in [-0.3, -0.25) is 0 Å². The monoisotopic (exact) mass is 183 g/mol. The van der Waals surface area contributed by atoms with E-state index in [0.717, 1.165) is 0 Å². The van der Waals surface area contributed by atoms with Crippen LogP contribution in [-0.4, -0.2) is 20.7 Å². The summed E-state index contributed by atoms with van der Waals surface area (Å²) in [5, 5.41) is 13.7. The van der Waals surface area contributed by atoms with Crippen molar-refractivity contribution in [1.82, 2.24) is 9.55 Å². The predicted octanol–water partition coefficient (Wildman–Crippen LogP) is 0.104. The summed E-state index contributed by atoms with van der Waals surface area (Å²) in [6.45, 7) is 2.24. The molecule has 1 aromatic rings. The van der Waals surface area contributed by atoms with Gasteiger partial charge in [0.05, 0.1) is 12.8 Å². The van der Waals surface area contributed by atoms with Crippen molar-refractivity contribution in [3.05, 3.63) is 22.0 Å². The largest absolute Gasteiger partial charge is 0.435 e. The van der Waals surface area contributed by atoms with Gasteiger partial charge in [-0.2, -0.15) is 5.10 Å². The second-order valence-electron chi connectivity index (χ2n) is 2.26. The molecule has 0 amide bonds. The zero-order chi connectivity index (χ0) is 9.84. The Balaban J connectivity index is 3.17. The van der Waals surface area contributed by atoms with Gasteiger partial charge < -0.3 is 16.0 Å². The first kappa shape index (κ1) is 9.17. The highest BCUT2D eigenvalue weighted by Crippen LogP contribution is 2.10. The maximum absolute atomic E-state index is 10.4. The highest BCUT2D eigenvalue weighted by Gasteiger charge is 2.17. The Bertz CT molecular complexity index is 343. The minimum absolute atomic E-state index is 0.197. The van der Waals surface area contributed by atoms with Crippen molar-refractivity contribution < 1.29 is 4.92 Å². The van der Waals surface area contributed by atoms with Crippen molar-refractivity contribution in [2.24, 2.45) is 10.9 Å². The van der Waals surface area contributed by atoms with Crippen LogP contribution < -0.4 is 5.84 Å². The molecule has 0 aliphatic carbocycles. The van der Waals surface area contributed by atoms with Crippen LogP contribution in [0.1, 0.15) is 12.6 Å². The van der Waals surface area contributed by atoms with Crippen LogP contribution in [-0.2, 0) is 6.54 Å². The quantitative estimate of drug-likeness (QED) is 0.311. The molecule has 1 aromatic heterocycles. The topological polar surface area (TPSA) is 99.3 Å². The van der Waals surface area contributed by atoms with Gasteiger partial charge in [0.1, 0.15) is 6.20 Å². The number of aromatic nitrogens is 2. The summed E-state index contributed by atoms with van der Waals surface area (Å²) in [4.78, 5) is 13.5. The third kappa shape index (κ3) is 1.63. The van der Waals surface area contributed by atoms with E-state index in [-0.39, 0.29) is 5.95 Å². The van der Waals surface area contributed by atoms with Crippen LogP contribution in [0.5, 0.6) is 0 Å². The average molecular weight is 183 g/mol. The molecule has 0 aromatic carbocycles. The number of nitrogens with zero attached hydrogens (tertiary/aromatic N) is 4. The lowest BCUT2D eigenvalue weighted by Gasteiger charge is -1.97. The molecule has 7 heteroatoms. The Hall–Kier alpha value is -1.92. The van der Waals surface area contributed by atoms with E-state index in [1.54, 1.807) is 6.92 Å². The van der Waals surface area contributed by atoms with Gasteiger partial charge in [-0.1, -0.05) is 4.98 Å². The maximum atomic E-state index is 10.4. The summed E-state index contributed by atoms with van der Waals surface area (Å²) >= 11 is 0. The normalized spacial score (nSPS) is 10.8. The molecule has 0 saturated heterocycles. The Morgan fingerprint density at radius 1 is 1.92 bits per heavy atom. The Labute approximate surface area is 74.0 Å². The summed E-state index contributed by atoms with van der Waals surface area (Å²) in [5.41, 5.74) is 0.525. The zero-order valence-electron chi connectivity index (χ0n) is 7.04. The SMILES string of the molecule is CCn1c(C=NN)cnc1[N+](=O)[O-]. The van der Waals surface area contributed by atoms with Crippen molar-refractivity contribution in [3.8, 4) is 0 Å². The van der Waals surface area contributed by atoms with Crippen molar-refractivity contribution in [2.45, 2.75) is 13.5 Å². The van der Waals surface area contributed by atoms with Crippen LogP contribution >= 0.6 is 0 Å². The van der Waals surface area contributed by atoms with Gasteiger partial charge in [0.2, 0.25) is 0 Å². The molecule has 7 nitrogen and oxygen atoms in total. The molecule has 0 aliphatic heterocycles. The standard InChI is InChI=1S/C6H9N5O2/c1-2-10-5(4-9-7)3-8-6(10)11(12)13/h3-4H,2,7H2,1H3. The smallest absolute Gasteiger partial charge is 0.390 e. The molecule has 2 N–H and O–H groups in total. The number of hydrazone groups is 1. The molecule has 1 rings (SSSR count). The zero-order valence-corrected chi connectivity index (χ0v) is 7.04. The fraction of sp³-hybridized carbons (Fsp3) is 0.333. The molecule has 0 saturated carbocycles. The summed E-state index contributed by atoms with van der Waals surface area (Å²) in [5.74, 6) is 4.73. The molecular weight excluding hydrogens is 174 g/mol. The molecule has 0 unspecified atom stereocenters. The molecule has 0 radical (unpaired) electrons. The molecule has 0 bridgehead atoms. The third-order valence-electron chi connectivity index (χ3n) is 1.55. The van der Waals surface area contributed by atoms with Crippen molar-refractivity contribution in [1.29, 1.82) is 0 Å². The van der Waals surface area contributed by atoms with Gasteiger partial charge >= 0.3 is 5.95 Å². The van der Waals surface area contributed by atoms with Crippen molar-refractivity contribution >= 4 is 12.2 Å². The minimum atomic E-state index is -0.544. The van der Waals surface area contributed by atoms with Gasteiger partial charge in [0.15, 0.2) is 5.69 Å². The van der Waals surface area contributed by atoms with Crippen molar-refractivity contribution in [2.75, 3.05) is 0 Å². The molecule has 1 heterocycles. The predicted molar refractivity (Wildman–Crippen MR) is 46.3 cm³/mol. The highest BCUT2D eigenvalue weighted by atomic mass is 16.6. The van der Waals surface area contributed by atoms with E-state index in [1.807, 2.05) is 0 Å². The molecular formula is C6H9N5O2. The number of rotatable bonds is 3. The van der Waals surface area contributed by atoms with E-state index in [4.69, 9.17) is 5.84 Å². The Morgan fingerprint density at radius 2 is 2.62 bits per heavy atom. The first-order chi connectivity index (χ1) is 6.20. The minimum Gasteiger partial charge on any atom is -0.390 e. The molecule has 70 valence electrons. The fourth-order valence-electron chi connectivity index (χ4n) is 1.03. The van der Waals surface area contributed by atoms with E-state index in [1.165, 1.54) is 17.0 Å². The van der Waals surface area contributed by atoms with Crippen LogP contribution in [0.3, 0.4) is 0 Å². The second-order valence-corrected chi connectivity index (χ2v) is 2.26.